The number of hydrogen-bond acceptors (Lipinski definition) is 7. The summed E-state index contributed by atoms with van der Waals surface area (Å²) in [5.74, 6) is 2.29. The van der Waals surface area contributed by atoms with Crippen molar-refractivity contribution in [2.24, 2.45) is 0 Å². The van der Waals surface area contributed by atoms with Gasteiger partial charge in [-0.1, -0.05) is 13.8 Å². The molecule has 1 aliphatic heterocycles. The molecule has 0 radical (unpaired) electrons. The maximum Gasteiger partial charge on any atom is 0.312 e. The Morgan fingerprint density at radius 3 is 2.67 bits per heavy atom. The van der Waals surface area contributed by atoms with Crippen LogP contribution in [0.5, 0.6) is 11.5 Å². The standard InChI is InChI=1S/C20H24FIN6O2/c1-11(2)24-4-3-5-28-16(25-17-18(23)26-20(21)27-19(17)28)9-12-8-14-15(10-13(12)22)30-7-6-29-14/h8,10-11,24H,3-7,9H2,1-2H3,(H2,23,26,27)/i22-3. The molecule has 3 heterocycles. The normalized spacial score (nSPS) is 13.4. The number of fused-ring (bicyclic) bond motifs is 2. The van der Waals surface area contributed by atoms with Crippen LogP contribution in [0.4, 0.5) is 10.2 Å². The Morgan fingerprint density at radius 1 is 1.20 bits per heavy atom. The minimum absolute atomic E-state index is 0.0506. The van der Waals surface area contributed by atoms with E-state index in [1.165, 1.54) is 0 Å². The maximum atomic E-state index is 13.9. The van der Waals surface area contributed by atoms with Gasteiger partial charge in [-0.3, -0.25) is 0 Å². The van der Waals surface area contributed by atoms with E-state index in [0.29, 0.717) is 43.4 Å². The second kappa shape index (κ2) is 8.88. The fourth-order valence-electron chi connectivity index (χ4n) is 3.45. The van der Waals surface area contributed by atoms with Gasteiger partial charge in [-0.25, -0.2) is 4.98 Å². The number of hydrogen-bond donors (Lipinski definition) is 2. The molecule has 4 rings (SSSR count). The van der Waals surface area contributed by atoms with Crippen LogP contribution in [-0.2, 0) is 13.0 Å². The number of aromatic nitrogens is 4. The number of imidazole rings is 1. The molecule has 8 nitrogen and oxygen atoms in total. The highest BCUT2D eigenvalue weighted by molar-refractivity contribution is 14.1. The van der Waals surface area contributed by atoms with Gasteiger partial charge in [0, 0.05) is 22.6 Å². The summed E-state index contributed by atoms with van der Waals surface area (Å²) in [6, 6.07) is 4.35. The average molecular weight is 523 g/mol. The Morgan fingerprint density at radius 2 is 1.93 bits per heavy atom. The van der Waals surface area contributed by atoms with E-state index in [1.54, 1.807) is 0 Å². The Kier molecular flexibility index (Phi) is 6.23. The van der Waals surface area contributed by atoms with Gasteiger partial charge < -0.3 is 25.1 Å². The van der Waals surface area contributed by atoms with E-state index in [2.05, 4.69) is 56.7 Å². The number of anilines is 1. The third-order valence-electron chi connectivity index (χ3n) is 4.84. The van der Waals surface area contributed by atoms with Crippen molar-refractivity contribution in [1.82, 2.24) is 24.8 Å². The maximum absolute atomic E-state index is 13.9. The van der Waals surface area contributed by atoms with Crippen LogP contribution in [-0.4, -0.2) is 45.3 Å². The molecular weight excluding hydrogens is 499 g/mol. The van der Waals surface area contributed by atoms with Crippen molar-refractivity contribution in [2.45, 2.75) is 39.3 Å². The van der Waals surface area contributed by atoms with Crippen LogP contribution in [0.2, 0.25) is 0 Å². The van der Waals surface area contributed by atoms with Crippen LogP contribution in [0.1, 0.15) is 31.7 Å². The largest absolute Gasteiger partial charge is 0.486 e. The molecule has 0 aliphatic carbocycles. The Labute approximate surface area is 187 Å². The minimum Gasteiger partial charge on any atom is -0.486 e. The van der Waals surface area contributed by atoms with Crippen molar-refractivity contribution in [3.63, 3.8) is 0 Å². The summed E-state index contributed by atoms with van der Waals surface area (Å²) in [7, 11) is 0. The van der Waals surface area contributed by atoms with Crippen molar-refractivity contribution in [3.05, 3.63) is 33.2 Å². The highest BCUT2D eigenvalue weighted by Crippen LogP contribution is 2.35. The first-order chi connectivity index (χ1) is 14.4. The number of nitrogens with one attached hydrogen (secondary N) is 1. The summed E-state index contributed by atoms with van der Waals surface area (Å²) in [4.78, 5) is 12.3. The fourth-order valence-corrected chi connectivity index (χ4v) is 4.08. The smallest absolute Gasteiger partial charge is 0.312 e. The fraction of sp³-hybridized carbons (Fsp3) is 0.450. The molecule has 2 aromatic heterocycles. The predicted octanol–water partition coefficient (Wildman–Crippen LogP) is 2.90. The zero-order chi connectivity index (χ0) is 21.3. The third kappa shape index (κ3) is 4.43. The molecule has 0 saturated carbocycles. The minimum atomic E-state index is -0.845. The number of aryl methyl sites for hydroxylation is 1. The molecule has 0 amide bonds. The SMILES string of the molecule is CC(C)NCCCn1c(Cc2cc3c(cc2[124I])OCCO3)nc2c(N)nc(F)nc21. The summed E-state index contributed by atoms with van der Waals surface area (Å²) in [6.45, 7) is 6.76. The van der Waals surface area contributed by atoms with Crippen LogP contribution in [0.3, 0.4) is 0 Å². The Bertz CT molecular complexity index is 1070. The topological polar surface area (TPSA) is 100 Å². The molecule has 3 aromatic rings. The number of nitrogen functional groups attached to an aromatic ring is 1. The lowest BCUT2D eigenvalue weighted by Crippen LogP contribution is -2.24. The molecular formula is C20H24FIN6O2. The molecule has 3 N–H and O–H groups in total. The number of ether oxygens (including phenoxy) is 2. The summed E-state index contributed by atoms with van der Waals surface area (Å²) in [6.07, 6.45) is 0.534. The van der Waals surface area contributed by atoms with Gasteiger partial charge >= 0.3 is 6.08 Å². The number of benzene rings is 1. The molecule has 0 saturated heterocycles. The van der Waals surface area contributed by atoms with Crippen molar-refractivity contribution in [3.8, 4) is 11.5 Å². The molecule has 0 bridgehead atoms. The molecule has 0 unspecified atom stereocenters. The number of halogens is 2. The molecule has 1 aliphatic rings. The average Bonchev–Trinajstić information content (AvgIpc) is 3.03. The highest BCUT2D eigenvalue weighted by Gasteiger charge is 2.20. The summed E-state index contributed by atoms with van der Waals surface area (Å²) >= 11 is 2.28. The second-order valence-electron chi connectivity index (χ2n) is 7.46. The zero-order valence-corrected chi connectivity index (χ0v) is 19.1. The molecule has 10 heteroatoms. The predicted molar refractivity (Wildman–Crippen MR) is 120 cm³/mol. The van der Waals surface area contributed by atoms with E-state index in [-0.39, 0.29) is 5.82 Å². The first kappa shape index (κ1) is 21.0. The Balaban J connectivity index is 1.69. The zero-order valence-electron chi connectivity index (χ0n) is 16.9. The lowest BCUT2D eigenvalue weighted by atomic mass is 10.1. The van der Waals surface area contributed by atoms with Crippen LogP contribution in [0.15, 0.2) is 12.1 Å². The highest BCUT2D eigenvalue weighted by atomic mass is 124. The van der Waals surface area contributed by atoms with Gasteiger partial charge in [-0.2, -0.15) is 14.4 Å². The Hall–Kier alpha value is -2.21. The van der Waals surface area contributed by atoms with E-state index >= 15 is 0 Å². The van der Waals surface area contributed by atoms with Gasteiger partial charge in [0.25, 0.3) is 0 Å². The molecule has 0 fully saturated rings. The van der Waals surface area contributed by atoms with Crippen LogP contribution < -0.4 is 20.5 Å². The molecule has 0 spiro atoms. The van der Waals surface area contributed by atoms with E-state index in [9.17, 15) is 4.39 Å². The summed E-state index contributed by atoms with van der Waals surface area (Å²) in [5, 5.41) is 3.39. The lowest BCUT2D eigenvalue weighted by molar-refractivity contribution is 0.171. The summed E-state index contributed by atoms with van der Waals surface area (Å²) < 4.78 is 28.2. The molecule has 1 aromatic carbocycles. The molecule has 0 atom stereocenters. The van der Waals surface area contributed by atoms with Crippen molar-refractivity contribution < 1.29 is 13.9 Å². The van der Waals surface area contributed by atoms with Gasteiger partial charge in [0.05, 0.1) is 0 Å². The number of nitrogens with two attached hydrogens (primary N) is 1. The number of nitrogens with zero attached hydrogens (tertiary/aromatic N) is 4. The molecule has 160 valence electrons. The first-order valence-corrected chi connectivity index (χ1v) is 11.0. The lowest BCUT2D eigenvalue weighted by Gasteiger charge is -2.20. The quantitative estimate of drug-likeness (QED) is 0.279. The third-order valence-corrected chi connectivity index (χ3v) is 5.85. The second-order valence-corrected chi connectivity index (χ2v) is 8.62. The van der Waals surface area contributed by atoms with Crippen LogP contribution in [0.25, 0.3) is 11.2 Å². The van der Waals surface area contributed by atoms with E-state index in [0.717, 1.165) is 39.4 Å². The van der Waals surface area contributed by atoms with Gasteiger partial charge in [-0.15, -0.1) is 0 Å². The van der Waals surface area contributed by atoms with E-state index in [1.807, 2.05) is 16.7 Å². The van der Waals surface area contributed by atoms with Crippen molar-refractivity contribution in [2.75, 3.05) is 25.5 Å². The van der Waals surface area contributed by atoms with Gasteiger partial charge in [0.2, 0.25) is 0 Å². The van der Waals surface area contributed by atoms with Gasteiger partial charge in [-0.05, 0) is 53.3 Å². The number of rotatable bonds is 7. The van der Waals surface area contributed by atoms with Crippen LogP contribution >= 0.6 is 22.6 Å². The van der Waals surface area contributed by atoms with Gasteiger partial charge in [0.1, 0.15) is 19.0 Å². The monoisotopic (exact) mass is 523 g/mol. The van der Waals surface area contributed by atoms with Crippen LogP contribution in [0, 0.1) is 9.65 Å². The first-order valence-electron chi connectivity index (χ1n) is 9.92. The van der Waals surface area contributed by atoms with Crippen molar-refractivity contribution >= 4 is 39.6 Å². The van der Waals surface area contributed by atoms with Crippen molar-refractivity contribution in [1.29, 1.82) is 0 Å². The van der Waals surface area contributed by atoms with Gasteiger partial charge in [0.15, 0.2) is 28.5 Å². The molecule has 30 heavy (non-hydrogen) atoms. The van der Waals surface area contributed by atoms with E-state index < -0.39 is 6.08 Å². The van der Waals surface area contributed by atoms with E-state index in [4.69, 9.17) is 15.2 Å². The summed E-state index contributed by atoms with van der Waals surface area (Å²) in [5.41, 5.74) is 7.83.